The lowest BCUT2D eigenvalue weighted by Gasteiger charge is -2.40. The number of likely N-dealkylation sites (tertiary alicyclic amines) is 2. The van der Waals surface area contributed by atoms with Gasteiger partial charge in [-0.05, 0) is 87.3 Å². The summed E-state index contributed by atoms with van der Waals surface area (Å²) in [5, 5.41) is 7.36. The number of aryl methyl sites for hydroxylation is 1. The second kappa shape index (κ2) is 37.1. The maximum Gasteiger partial charge on any atom is 0.417 e. The number of hydrogen-bond acceptors (Lipinski definition) is 14. The van der Waals surface area contributed by atoms with Crippen LogP contribution in [0.25, 0.3) is 0 Å². The number of nitrogens with one attached hydrogen (secondary N) is 3. The van der Waals surface area contributed by atoms with Crippen molar-refractivity contribution in [1.82, 2.24) is 64.9 Å². The van der Waals surface area contributed by atoms with Gasteiger partial charge in [-0.2, -0.15) is 13.2 Å². The second-order valence-electron chi connectivity index (χ2n) is 28.0. The van der Waals surface area contributed by atoms with Crippen LogP contribution < -0.4 is 16.0 Å². The predicted molar refractivity (Wildman–Crippen MR) is 360 cm³/mol. The first-order valence-corrected chi connectivity index (χ1v) is 34.8. The van der Waals surface area contributed by atoms with E-state index in [1.807, 2.05) is 0 Å². The smallest absolute Gasteiger partial charge is 0.382 e. The van der Waals surface area contributed by atoms with E-state index in [9.17, 15) is 60.3 Å². The van der Waals surface area contributed by atoms with E-state index in [2.05, 4.69) is 16.0 Å². The summed E-state index contributed by atoms with van der Waals surface area (Å²) in [6.45, 7) is 4.76. The van der Waals surface area contributed by atoms with Crippen molar-refractivity contribution in [3.8, 4) is 0 Å². The van der Waals surface area contributed by atoms with Crippen LogP contribution in [0, 0.1) is 17.8 Å². The number of amides is 12. The van der Waals surface area contributed by atoms with Crippen LogP contribution >= 0.6 is 11.6 Å². The zero-order chi connectivity index (χ0) is 75.0. The van der Waals surface area contributed by atoms with Crippen molar-refractivity contribution in [2.45, 2.75) is 185 Å². The number of carbonyl (C=O) groups is 12. The van der Waals surface area contributed by atoms with Crippen molar-refractivity contribution in [1.29, 1.82) is 0 Å². The van der Waals surface area contributed by atoms with Crippen molar-refractivity contribution in [2.24, 2.45) is 17.8 Å². The van der Waals surface area contributed by atoms with Crippen molar-refractivity contribution < 1.29 is 84.2 Å². The lowest BCUT2D eigenvalue weighted by atomic mass is 9.84. The number of halogens is 6. The first-order chi connectivity index (χ1) is 46.7. The molecule has 0 aromatic heterocycles. The topological polar surface area (TPSA) is 283 Å². The van der Waals surface area contributed by atoms with Crippen LogP contribution in [-0.4, -0.2) is 297 Å². The first kappa shape index (κ1) is 83.4. The highest BCUT2D eigenvalue weighted by atomic mass is 35.5. The van der Waals surface area contributed by atoms with E-state index < -0.39 is 199 Å². The van der Waals surface area contributed by atoms with Gasteiger partial charge in [-0.1, -0.05) is 83.9 Å². The van der Waals surface area contributed by atoms with Crippen LogP contribution in [0.2, 0.25) is 5.02 Å². The van der Waals surface area contributed by atoms with E-state index in [1.165, 1.54) is 85.1 Å². The highest BCUT2D eigenvalue weighted by molar-refractivity contribution is 6.31. The fourth-order valence-electron chi connectivity index (χ4n) is 13.3. The Hall–Kier alpha value is -7.28. The Balaban J connectivity index is 1.63. The summed E-state index contributed by atoms with van der Waals surface area (Å²) in [5.74, 6) is -13.9. The summed E-state index contributed by atoms with van der Waals surface area (Å²) < 4.78 is 75.7. The third-order valence-corrected chi connectivity index (χ3v) is 20.3. The fourth-order valence-corrected chi connectivity index (χ4v) is 13.6. The number of hydrogen-bond donors (Lipinski definition) is 3. The molecule has 9 atom stereocenters. The van der Waals surface area contributed by atoms with Crippen LogP contribution in [-0.2, 0) is 74.9 Å². The maximum atomic E-state index is 15.2. The molecule has 1 aromatic carbocycles. The Bertz CT molecular complexity index is 3080. The molecule has 1 saturated carbocycles. The van der Waals surface area contributed by atoms with Crippen molar-refractivity contribution >= 4 is 82.5 Å². The predicted octanol–water partition coefficient (Wildman–Crippen LogP) is 3.35. The number of nitrogens with zero attached hydrogens (tertiary/aromatic N) is 10. The number of methoxy groups -OCH3 is 1. The molecule has 4 fully saturated rings. The minimum absolute atomic E-state index is 0.0360. The monoisotopic (exact) mass is 1440 g/mol. The molecule has 26 nitrogen and oxygen atoms in total. The van der Waals surface area contributed by atoms with E-state index in [1.54, 1.807) is 27.7 Å². The number of piperidine rings is 1. The molecule has 32 heteroatoms. The van der Waals surface area contributed by atoms with Crippen LogP contribution in [0.5, 0.6) is 0 Å². The summed E-state index contributed by atoms with van der Waals surface area (Å²) >= 11 is 6.12. The van der Waals surface area contributed by atoms with Gasteiger partial charge in [0, 0.05) is 83.1 Å². The molecule has 0 spiro atoms. The van der Waals surface area contributed by atoms with Gasteiger partial charge in [0.2, 0.25) is 70.9 Å². The van der Waals surface area contributed by atoms with Gasteiger partial charge in [-0.15, -0.1) is 0 Å². The summed E-state index contributed by atoms with van der Waals surface area (Å²) in [4.78, 5) is 187. The van der Waals surface area contributed by atoms with Gasteiger partial charge in [0.05, 0.1) is 56.3 Å². The van der Waals surface area contributed by atoms with Gasteiger partial charge in [-0.3, -0.25) is 62.4 Å². The SMILES string of the molecule is CC[C@H](C)[C@@H]1NC(=O)[C@H](C)N(C)C(=O)C[C@@H](C(=O)N2CCCCC2)N(C)C(=O)[C@@H](C(C)C)N(C)C(=O)[C@H](COC)NC(=O)[C@H](CCN2CC(F)(F)C2)N(C)C(=O)[C@H](CCc2ccc(C(F)(F)F)c(Cl)c2)NC(=O)CN(C)C(=O)[C@H](CC2CCCCC2)N(C)C(=O)CN(C)C(=O)CN(C)C1=O. The lowest BCUT2D eigenvalue weighted by molar-refractivity contribution is -0.155. The molecule has 3 N–H and O–H groups in total. The van der Waals surface area contributed by atoms with E-state index in [0.29, 0.717) is 32.4 Å². The first-order valence-electron chi connectivity index (χ1n) is 34.4. The van der Waals surface area contributed by atoms with Gasteiger partial charge >= 0.3 is 6.18 Å². The molecule has 4 aliphatic rings. The molecule has 1 aromatic rings. The van der Waals surface area contributed by atoms with E-state index in [4.69, 9.17) is 16.3 Å². The zero-order valence-electron chi connectivity index (χ0n) is 60.4. The lowest BCUT2D eigenvalue weighted by Crippen LogP contribution is -2.62. The molecule has 3 aliphatic heterocycles. The average Bonchev–Trinajstić information content (AvgIpc) is 0.809. The Kier molecular flexibility index (Phi) is 30.9. The molecule has 3 heterocycles. The van der Waals surface area contributed by atoms with Crippen LogP contribution in [0.4, 0.5) is 22.0 Å². The maximum absolute atomic E-state index is 15.2. The van der Waals surface area contributed by atoms with Gasteiger partial charge < -0.3 is 64.8 Å². The molecule has 0 unspecified atom stereocenters. The van der Waals surface area contributed by atoms with Gasteiger partial charge in [0.15, 0.2) is 0 Å². The summed E-state index contributed by atoms with van der Waals surface area (Å²) in [7, 11) is 11.7. The van der Waals surface area contributed by atoms with E-state index >= 15 is 19.2 Å². The summed E-state index contributed by atoms with van der Waals surface area (Å²) in [6.07, 6.45) is 0.330. The normalized spacial score (nSPS) is 26.2. The van der Waals surface area contributed by atoms with Crippen LogP contribution in [0.3, 0.4) is 0 Å². The van der Waals surface area contributed by atoms with E-state index in [-0.39, 0.29) is 43.7 Å². The highest BCUT2D eigenvalue weighted by Crippen LogP contribution is 2.36. The number of benzene rings is 1. The summed E-state index contributed by atoms with van der Waals surface area (Å²) in [6, 6.07) is -8.61. The third-order valence-electron chi connectivity index (χ3n) is 20.0. The molecule has 100 heavy (non-hydrogen) atoms. The van der Waals surface area contributed by atoms with E-state index in [0.717, 1.165) is 91.0 Å². The molecule has 1 aliphatic carbocycles. The van der Waals surface area contributed by atoms with Crippen molar-refractivity contribution in [3.63, 3.8) is 0 Å². The number of alkyl halides is 5. The molecule has 0 radical (unpaired) electrons. The Labute approximate surface area is 588 Å². The molecule has 3 saturated heterocycles. The fraction of sp³-hybridized carbons (Fsp3) is 0.735. The van der Waals surface area contributed by atoms with Crippen molar-refractivity contribution in [3.05, 3.63) is 34.3 Å². The number of rotatable bonds is 14. The quantitative estimate of drug-likeness (QED) is 0.226. The van der Waals surface area contributed by atoms with Gasteiger partial charge in [0.25, 0.3) is 5.92 Å². The molecule has 562 valence electrons. The average molecular weight is 1440 g/mol. The van der Waals surface area contributed by atoms with Crippen LogP contribution in [0.15, 0.2) is 18.2 Å². The zero-order valence-corrected chi connectivity index (χ0v) is 61.1. The standard InChI is InChI=1S/C68H105ClF5N13O13/c1-15-42(4)57-65(98)80(8)36-55(90)78(6)37-56(91)82(10)51(33-44-22-18-16-19-23-44)63(96)79(7)35-53(88)75-48(27-25-45-24-26-46(47(69)32-45)68(72,73)74)61(94)83(11)50(28-31-86-39-67(70,71)40-86)60(93)76-49(38-100-14)62(95)85(13)58(41(2)3)66(99)84(12)52(64(97)87-29-20-17-21-30-87)34-54(89)81(9)43(5)59(92)77-57/h24,26,32,41-44,48-52,57-58H,15-23,25,27-31,33-40H2,1-14H3,(H,75,88)(H,76,93)(H,77,92)/t42-,43-,48-,49-,50-,51-,52-,57-,58+/m0/s1. The largest absolute Gasteiger partial charge is 0.417 e. The van der Waals surface area contributed by atoms with Crippen LogP contribution in [0.1, 0.15) is 129 Å². The molecule has 12 amide bonds. The Morgan fingerprint density at radius 3 is 1.81 bits per heavy atom. The summed E-state index contributed by atoms with van der Waals surface area (Å²) in [5.41, 5.74) is -0.946. The molecule has 5 rings (SSSR count). The molecular formula is C68H105ClF5N13O13. The highest BCUT2D eigenvalue weighted by Gasteiger charge is 2.47. The Morgan fingerprint density at radius 2 is 1.24 bits per heavy atom. The molecule has 0 bridgehead atoms. The number of carbonyl (C=O) groups excluding carboxylic acids is 12. The minimum atomic E-state index is -4.82. The van der Waals surface area contributed by atoms with Gasteiger partial charge in [-0.25, -0.2) is 8.78 Å². The number of likely N-dealkylation sites (N-methyl/N-ethyl adjacent to an activating group) is 8. The van der Waals surface area contributed by atoms with Crippen molar-refractivity contribution in [2.75, 3.05) is 122 Å². The number of ether oxygens (including phenoxy) is 1. The third kappa shape index (κ3) is 22.4. The molecular weight excluding hydrogens is 1340 g/mol. The van der Waals surface area contributed by atoms with Gasteiger partial charge in [0.1, 0.15) is 48.3 Å². The Morgan fingerprint density at radius 1 is 0.650 bits per heavy atom. The second-order valence-corrected chi connectivity index (χ2v) is 28.4. The minimum Gasteiger partial charge on any atom is -0.382 e.